The summed E-state index contributed by atoms with van der Waals surface area (Å²) in [5.74, 6) is 0.564. The molecule has 0 unspecified atom stereocenters. The van der Waals surface area contributed by atoms with E-state index in [1.54, 1.807) is 18.5 Å². The number of anilines is 3. The lowest BCUT2D eigenvalue weighted by Gasteiger charge is -2.10. The highest BCUT2D eigenvalue weighted by Crippen LogP contribution is 2.24. The summed E-state index contributed by atoms with van der Waals surface area (Å²) in [7, 11) is 0. The first kappa shape index (κ1) is 17.6. The van der Waals surface area contributed by atoms with E-state index < -0.39 is 5.82 Å². The molecule has 8 heteroatoms. The Balaban J connectivity index is 1.66. The Morgan fingerprint density at radius 2 is 2.04 bits per heavy atom. The van der Waals surface area contributed by atoms with E-state index >= 15 is 0 Å². The van der Waals surface area contributed by atoms with Crippen molar-refractivity contribution in [1.29, 1.82) is 0 Å². The third-order valence-corrected chi connectivity index (χ3v) is 4.19. The molecule has 1 aromatic carbocycles. The van der Waals surface area contributed by atoms with Crippen molar-refractivity contribution in [3.63, 3.8) is 0 Å². The van der Waals surface area contributed by atoms with Crippen molar-refractivity contribution < 1.29 is 4.39 Å². The number of nitrogens with one attached hydrogen (secondary N) is 2. The van der Waals surface area contributed by atoms with Gasteiger partial charge >= 0.3 is 0 Å². The molecule has 0 saturated heterocycles. The first-order chi connectivity index (χ1) is 12.1. The lowest BCUT2D eigenvalue weighted by atomic mass is 10.3. The zero-order valence-electron chi connectivity index (χ0n) is 13.0. The van der Waals surface area contributed by atoms with Gasteiger partial charge in [-0.15, -0.1) is 0 Å². The van der Waals surface area contributed by atoms with E-state index in [0.29, 0.717) is 24.0 Å². The Labute approximate surface area is 157 Å². The maximum atomic E-state index is 13.2. The van der Waals surface area contributed by atoms with Crippen LogP contribution in [-0.2, 0) is 6.42 Å². The number of benzene rings is 1. The Morgan fingerprint density at radius 3 is 2.80 bits per heavy atom. The van der Waals surface area contributed by atoms with Crippen LogP contribution >= 0.6 is 27.5 Å². The topological polar surface area (TPSA) is 62.7 Å². The lowest BCUT2D eigenvalue weighted by molar-refractivity contribution is 0.628. The minimum absolute atomic E-state index is 0.0378. The minimum Gasteiger partial charge on any atom is -0.369 e. The molecular formula is C17H14BrClFN5. The molecule has 0 bridgehead atoms. The summed E-state index contributed by atoms with van der Waals surface area (Å²) in [6.45, 7) is 0.675. The third-order valence-electron chi connectivity index (χ3n) is 3.32. The van der Waals surface area contributed by atoms with E-state index in [9.17, 15) is 4.39 Å². The normalized spacial score (nSPS) is 10.5. The zero-order chi connectivity index (χ0) is 17.6. The highest BCUT2D eigenvalue weighted by Gasteiger charge is 2.07. The van der Waals surface area contributed by atoms with Crippen molar-refractivity contribution >= 4 is 45.0 Å². The van der Waals surface area contributed by atoms with Gasteiger partial charge in [-0.25, -0.2) is 9.37 Å². The van der Waals surface area contributed by atoms with Crippen LogP contribution in [0.5, 0.6) is 0 Å². The fourth-order valence-electron chi connectivity index (χ4n) is 2.11. The van der Waals surface area contributed by atoms with Crippen molar-refractivity contribution in [2.75, 3.05) is 17.2 Å². The van der Waals surface area contributed by atoms with Gasteiger partial charge in [0.1, 0.15) is 11.6 Å². The number of pyridine rings is 1. The molecule has 0 fully saturated rings. The average molecular weight is 423 g/mol. The fraction of sp³-hybridized carbons (Fsp3) is 0.118. The molecule has 25 heavy (non-hydrogen) atoms. The van der Waals surface area contributed by atoms with E-state index in [-0.39, 0.29) is 5.02 Å². The van der Waals surface area contributed by atoms with Gasteiger partial charge in [0, 0.05) is 36.7 Å². The zero-order valence-corrected chi connectivity index (χ0v) is 15.4. The number of rotatable bonds is 6. The second kappa shape index (κ2) is 8.22. The van der Waals surface area contributed by atoms with Gasteiger partial charge in [-0.3, -0.25) is 4.98 Å². The molecule has 0 aliphatic rings. The van der Waals surface area contributed by atoms with Crippen LogP contribution in [0.4, 0.5) is 21.8 Å². The predicted molar refractivity (Wildman–Crippen MR) is 101 cm³/mol. The number of halogens is 3. The molecule has 128 valence electrons. The predicted octanol–water partition coefficient (Wildman–Crippen LogP) is 4.82. The standard InChI is InChI=1S/C17H14BrClFN5/c18-13-10-23-17(24-12-4-5-15(20)14(19)9-12)25-16(13)22-8-6-11-3-1-2-7-21-11/h1-5,7,9-10H,6,8H2,(H2,22,23,24,25). The van der Waals surface area contributed by atoms with Crippen molar-refractivity contribution in [1.82, 2.24) is 15.0 Å². The smallest absolute Gasteiger partial charge is 0.229 e. The number of hydrogen-bond acceptors (Lipinski definition) is 5. The Kier molecular flexibility index (Phi) is 5.78. The van der Waals surface area contributed by atoms with Gasteiger partial charge < -0.3 is 10.6 Å². The van der Waals surface area contributed by atoms with E-state index in [1.807, 2.05) is 18.2 Å². The molecule has 0 aliphatic carbocycles. The largest absolute Gasteiger partial charge is 0.369 e. The van der Waals surface area contributed by atoms with Gasteiger partial charge in [0.15, 0.2) is 0 Å². The lowest BCUT2D eigenvalue weighted by Crippen LogP contribution is -2.09. The summed E-state index contributed by atoms with van der Waals surface area (Å²) >= 11 is 9.20. The molecule has 3 aromatic rings. The molecule has 3 rings (SSSR count). The molecule has 2 heterocycles. The molecule has 0 atom stereocenters. The maximum absolute atomic E-state index is 13.2. The average Bonchev–Trinajstić information content (AvgIpc) is 2.62. The molecule has 0 amide bonds. The maximum Gasteiger partial charge on any atom is 0.229 e. The molecule has 2 aromatic heterocycles. The Hall–Kier alpha value is -2.25. The van der Waals surface area contributed by atoms with Crippen LogP contribution in [0.3, 0.4) is 0 Å². The van der Waals surface area contributed by atoms with Gasteiger partial charge in [-0.2, -0.15) is 4.98 Å². The van der Waals surface area contributed by atoms with Gasteiger partial charge in [0.05, 0.1) is 9.50 Å². The van der Waals surface area contributed by atoms with Crippen LogP contribution in [0.2, 0.25) is 5.02 Å². The van der Waals surface area contributed by atoms with E-state index in [2.05, 4.69) is 41.5 Å². The summed E-state index contributed by atoms with van der Waals surface area (Å²) < 4.78 is 14.0. The first-order valence-electron chi connectivity index (χ1n) is 7.50. The molecular weight excluding hydrogens is 409 g/mol. The minimum atomic E-state index is -0.471. The number of hydrogen-bond donors (Lipinski definition) is 2. The van der Waals surface area contributed by atoms with Crippen LogP contribution in [-0.4, -0.2) is 21.5 Å². The molecule has 0 spiro atoms. The summed E-state index contributed by atoms with van der Waals surface area (Å²) in [4.78, 5) is 12.9. The van der Waals surface area contributed by atoms with Crippen molar-refractivity contribution in [2.45, 2.75) is 6.42 Å². The van der Waals surface area contributed by atoms with E-state index in [0.717, 1.165) is 16.6 Å². The second-order valence-corrected chi connectivity index (χ2v) is 6.40. The van der Waals surface area contributed by atoms with Gasteiger partial charge in [0.2, 0.25) is 5.95 Å². The van der Waals surface area contributed by atoms with E-state index in [1.165, 1.54) is 12.1 Å². The molecule has 0 aliphatic heterocycles. The van der Waals surface area contributed by atoms with Crippen molar-refractivity contribution in [2.24, 2.45) is 0 Å². The highest BCUT2D eigenvalue weighted by molar-refractivity contribution is 9.10. The van der Waals surface area contributed by atoms with Crippen LogP contribution in [0.1, 0.15) is 5.69 Å². The summed E-state index contributed by atoms with van der Waals surface area (Å²) in [6, 6.07) is 10.2. The van der Waals surface area contributed by atoms with Gasteiger partial charge in [0.25, 0.3) is 0 Å². The molecule has 0 saturated carbocycles. The summed E-state index contributed by atoms with van der Waals surface area (Å²) in [5, 5.41) is 6.28. The second-order valence-electron chi connectivity index (χ2n) is 5.14. The highest BCUT2D eigenvalue weighted by atomic mass is 79.9. The number of nitrogens with zero attached hydrogens (tertiary/aromatic N) is 3. The number of aromatic nitrogens is 3. The summed E-state index contributed by atoms with van der Waals surface area (Å²) in [6.07, 6.45) is 4.18. The Bertz CT molecular complexity index is 863. The molecule has 2 N–H and O–H groups in total. The monoisotopic (exact) mass is 421 g/mol. The fourth-order valence-corrected chi connectivity index (χ4v) is 2.62. The van der Waals surface area contributed by atoms with Gasteiger partial charge in [-0.05, 0) is 46.3 Å². The third kappa shape index (κ3) is 4.87. The van der Waals surface area contributed by atoms with Gasteiger partial charge in [-0.1, -0.05) is 17.7 Å². The van der Waals surface area contributed by atoms with E-state index in [4.69, 9.17) is 11.6 Å². The van der Waals surface area contributed by atoms with Crippen LogP contribution < -0.4 is 10.6 Å². The molecule has 5 nitrogen and oxygen atoms in total. The first-order valence-corrected chi connectivity index (χ1v) is 8.67. The Morgan fingerprint density at radius 1 is 1.16 bits per heavy atom. The quantitative estimate of drug-likeness (QED) is 0.596. The van der Waals surface area contributed by atoms with Crippen LogP contribution in [0.25, 0.3) is 0 Å². The SMILES string of the molecule is Fc1ccc(Nc2ncc(Br)c(NCCc3ccccn3)n2)cc1Cl. The van der Waals surface area contributed by atoms with Crippen LogP contribution in [0, 0.1) is 5.82 Å². The molecule has 0 radical (unpaired) electrons. The summed E-state index contributed by atoms with van der Waals surface area (Å²) in [5.41, 5.74) is 1.60. The van der Waals surface area contributed by atoms with Crippen molar-refractivity contribution in [3.05, 3.63) is 69.8 Å². The van der Waals surface area contributed by atoms with Crippen LogP contribution in [0.15, 0.2) is 53.3 Å². The van der Waals surface area contributed by atoms with Crippen molar-refractivity contribution in [3.8, 4) is 0 Å².